The van der Waals surface area contributed by atoms with E-state index < -0.39 is 16.7 Å². The van der Waals surface area contributed by atoms with Crippen LogP contribution >= 0.6 is 0 Å². The minimum Gasteiger partial charge on any atom is -0.490 e. The molecular weight excluding hydrogens is 392 g/mol. The summed E-state index contributed by atoms with van der Waals surface area (Å²) < 4.78 is 11.4. The topological polar surface area (TPSA) is 132 Å². The van der Waals surface area contributed by atoms with Crippen LogP contribution in [0.2, 0.25) is 0 Å². The van der Waals surface area contributed by atoms with E-state index in [1.807, 2.05) is 6.92 Å². The molecule has 158 valence electrons. The number of hydrazone groups is 1. The Morgan fingerprint density at radius 2 is 1.80 bits per heavy atom. The van der Waals surface area contributed by atoms with Gasteiger partial charge in [-0.15, -0.1) is 0 Å². The molecular formula is C20H22N4O6. The number of hydrogen-bond acceptors (Lipinski definition) is 7. The molecule has 0 aromatic heterocycles. The number of nitro groups is 1. The van der Waals surface area contributed by atoms with Crippen LogP contribution in [-0.4, -0.2) is 36.1 Å². The molecule has 0 saturated heterocycles. The fourth-order valence-corrected chi connectivity index (χ4v) is 2.32. The summed E-state index contributed by atoms with van der Waals surface area (Å²) in [5, 5.41) is 16.8. The number of amides is 2. The molecule has 10 heteroatoms. The van der Waals surface area contributed by atoms with Gasteiger partial charge in [0.25, 0.3) is 5.69 Å². The SMILES string of the molecule is CCNC(=O)C(=O)N/N=C\c1ccc(OCc2ccc([N+](=O)[O-])cc2)c(OCC)c1. The zero-order valence-corrected chi connectivity index (χ0v) is 16.6. The van der Waals surface area contributed by atoms with Gasteiger partial charge in [-0.25, -0.2) is 5.43 Å². The molecule has 0 bridgehead atoms. The second-order valence-electron chi connectivity index (χ2n) is 5.91. The molecule has 2 aromatic rings. The molecule has 10 nitrogen and oxygen atoms in total. The predicted molar refractivity (Wildman–Crippen MR) is 109 cm³/mol. The average molecular weight is 414 g/mol. The maximum absolute atomic E-state index is 11.5. The summed E-state index contributed by atoms with van der Waals surface area (Å²) in [6.07, 6.45) is 1.37. The number of hydrogen-bond donors (Lipinski definition) is 2. The van der Waals surface area contributed by atoms with Crippen LogP contribution in [0, 0.1) is 10.1 Å². The predicted octanol–water partition coefficient (Wildman–Crippen LogP) is 2.16. The fraction of sp³-hybridized carbons (Fsp3) is 0.250. The van der Waals surface area contributed by atoms with Crippen LogP contribution in [0.1, 0.15) is 25.0 Å². The first-order chi connectivity index (χ1) is 14.4. The quantitative estimate of drug-likeness (QED) is 0.280. The van der Waals surface area contributed by atoms with E-state index in [1.54, 1.807) is 37.3 Å². The van der Waals surface area contributed by atoms with Crippen molar-refractivity contribution in [2.75, 3.05) is 13.2 Å². The van der Waals surface area contributed by atoms with Crippen LogP contribution in [0.5, 0.6) is 11.5 Å². The molecule has 0 saturated carbocycles. The third-order valence-electron chi connectivity index (χ3n) is 3.73. The van der Waals surface area contributed by atoms with Crippen molar-refractivity contribution in [3.05, 3.63) is 63.7 Å². The van der Waals surface area contributed by atoms with E-state index in [4.69, 9.17) is 9.47 Å². The molecule has 0 fully saturated rings. The van der Waals surface area contributed by atoms with Crippen molar-refractivity contribution in [2.24, 2.45) is 5.10 Å². The molecule has 0 heterocycles. The number of carbonyl (C=O) groups excluding carboxylic acids is 2. The van der Waals surface area contributed by atoms with Gasteiger partial charge in [0.05, 0.1) is 17.7 Å². The number of nitro benzene ring substituents is 1. The molecule has 2 N–H and O–H groups in total. The number of likely N-dealkylation sites (N-methyl/N-ethyl adjacent to an activating group) is 1. The minimum absolute atomic E-state index is 0.0108. The number of non-ortho nitro benzene ring substituents is 1. The van der Waals surface area contributed by atoms with Crippen molar-refractivity contribution in [3.63, 3.8) is 0 Å². The zero-order chi connectivity index (χ0) is 21.9. The standard InChI is InChI=1S/C20H22N4O6/c1-3-21-19(25)20(26)23-22-12-15-7-10-17(18(11-15)29-4-2)30-13-14-5-8-16(9-6-14)24(27)28/h5-12H,3-4,13H2,1-2H3,(H,21,25)(H,23,26)/b22-12-. The molecule has 0 aliphatic rings. The molecule has 0 atom stereocenters. The van der Waals surface area contributed by atoms with E-state index in [2.05, 4.69) is 15.8 Å². The van der Waals surface area contributed by atoms with Crippen LogP contribution in [0.25, 0.3) is 0 Å². The van der Waals surface area contributed by atoms with Crippen LogP contribution in [0.3, 0.4) is 0 Å². The lowest BCUT2D eigenvalue weighted by Gasteiger charge is -2.12. The Labute approximate surface area is 173 Å². The Morgan fingerprint density at radius 3 is 2.43 bits per heavy atom. The lowest BCUT2D eigenvalue weighted by atomic mass is 10.2. The van der Waals surface area contributed by atoms with Gasteiger partial charge in [0.2, 0.25) is 0 Å². The lowest BCUT2D eigenvalue weighted by molar-refractivity contribution is -0.384. The van der Waals surface area contributed by atoms with E-state index in [1.165, 1.54) is 18.3 Å². The van der Waals surface area contributed by atoms with Gasteiger partial charge in [0.1, 0.15) is 6.61 Å². The lowest BCUT2D eigenvalue weighted by Crippen LogP contribution is -2.37. The van der Waals surface area contributed by atoms with Gasteiger partial charge in [-0.1, -0.05) is 0 Å². The van der Waals surface area contributed by atoms with Crippen LogP contribution in [-0.2, 0) is 16.2 Å². The fourth-order valence-electron chi connectivity index (χ4n) is 2.32. The average Bonchev–Trinajstić information content (AvgIpc) is 2.73. The van der Waals surface area contributed by atoms with Crippen molar-refractivity contribution in [1.82, 2.24) is 10.7 Å². The van der Waals surface area contributed by atoms with E-state index in [0.29, 0.717) is 30.2 Å². The monoisotopic (exact) mass is 414 g/mol. The summed E-state index contributed by atoms with van der Waals surface area (Å²) >= 11 is 0. The number of rotatable bonds is 9. The smallest absolute Gasteiger partial charge is 0.329 e. The summed E-state index contributed by atoms with van der Waals surface area (Å²) in [6, 6.07) is 11.1. The highest BCUT2D eigenvalue weighted by Gasteiger charge is 2.11. The van der Waals surface area contributed by atoms with E-state index in [-0.39, 0.29) is 12.3 Å². The third-order valence-corrected chi connectivity index (χ3v) is 3.73. The largest absolute Gasteiger partial charge is 0.490 e. The van der Waals surface area contributed by atoms with Crippen LogP contribution < -0.4 is 20.2 Å². The van der Waals surface area contributed by atoms with Crippen molar-refractivity contribution in [2.45, 2.75) is 20.5 Å². The minimum atomic E-state index is -0.860. The normalized spacial score (nSPS) is 10.5. The van der Waals surface area contributed by atoms with Gasteiger partial charge < -0.3 is 14.8 Å². The van der Waals surface area contributed by atoms with Gasteiger partial charge >= 0.3 is 11.8 Å². The van der Waals surface area contributed by atoms with Crippen LogP contribution in [0.4, 0.5) is 5.69 Å². The van der Waals surface area contributed by atoms with E-state index in [9.17, 15) is 19.7 Å². The summed E-state index contributed by atoms with van der Waals surface area (Å²) in [5.74, 6) is -0.669. The number of benzene rings is 2. The zero-order valence-electron chi connectivity index (χ0n) is 16.6. The molecule has 30 heavy (non-hydrogen) atoms. The molecule has 0 aliphatic carbocycles. The van der Waals surface area contributed by atoms with Crippen LogP contribution in [0.15, 0.2) is 47.6 Å². The van der Waals surface area contributed by atoms with Crippen molar-refractivity contribution >= 4 is 23.7 Å². The molecule has 0 unspecified atom stereocenters. The number of nitrogens with zero attached hydrogens (tertiary/aromatic N) is 2. The Hall–Kier alpha value is -3.95. The van der Waals surface area contributed by atoms with Crippen molar-refractivity contribution < 1.29 is 24.0 Å². The molecule has 0 spiro atoms. The first kappa shape index (κ1) is 22.3. The van der Waals surface area contributed by atoms with Gasteiger partial charge in [0.15, 0.2) is 11.5 Å². The van der Waals surface area contributed by atoms with Gasteiger partial charge in [-0.3, -0.25) is 19.7 Å². The second-order valence-corrected chi connectivity index (χ2v) is 5.91. The molecule has 2 rings (SSSR count). The van der Waals surface area contributed by atoms with Crippen molar-refractivity contribution in [3.8, 4) is 11.5 Å². The highest BCUT2D eigenvalue weighted by Crippen LogP contribution is 2.29. The summed E-state index contributed by atoms with van der Waals surface area (Å²) in [7, 11) is 0. The second kappa shape index (κ2) is 11.1. The van der Waals surface area contributed by atoms with Gasteiger partial charge in [-0.2, -0.15) is 5.10 Å². The highest BCUT2D eigenvalue weighted by atomic mass is 16.6. The molecule has 0 aliphatic heterocycles. The maximum atomic E-state index is 11.5. The molecule has 2 amide bonds. The Balaban J connectivity index is 2.03. The molecule has 2 aromatic carbocycles. The Bertz CT molecular complexity index is 927. The summed E-state index contributed by atoms with van der Waals surface area (Å²) in [4.78, 5) is 33.1. The van der Waals surface area contributed by atoms with E-state index in [0.717, 1.165) is 5.56 Å². The Kier molecular flexibility index (Phi) is 8.30. The van der Waals surface area contributed by atoms with Gasteiger partial charge in [-0.05, 0) is 55.3 Å². The summed E-state index contributed by atoms with van der Waals surface area (Å²) in [6.45, 7) is 4.48. The first-order valence-corrected chi connectivity index (χ1v) is 9.18. The third kappa shape index (κ3) is 6.59. The molecule has 0 radical (unpaired) electrons. The summed E-state index contributed by atoms with van der Waals surface area (Å²) in [5.41, 5.74) is 3.54. The van der Waals surface area contributed by atoms with Crippen molar-refractivity contribution in [1.29, 1.82) is 0 Å². The number of nitrogens with one attached hydrogen (secondary N) is 2. The highest BCUT2D eigenvalue weighted by molar-refractivity contribution is 6.35. The van der Waals surface area contributed by atoms with E-state index >= 15 is 0 Å². The number of carbonyl (C=O) groups is 2. The van der Waals surface area contributed by atoms with Gasteiger partial charge in [0, 0.05) is 18.7 Å². The maximum Gasteiger partial charge on any atom is 0.329 e. The first-order valence-electron chi connectivity index (χ1n) is 9.18. The number of ether oxygens (including phenoxy) is 2. The Morgan fingerprint density at radius 1 is 1.07 bits per heavy atom.